The Morgan fingerprint density at radius 3 is 2.81 bits per heavy atom. The molecular formula is C13H17ClO2. The molecule has 1 fully saturated rings. The molecule has 0 saturated carbocycles. The van der Waals surface area contributed by atoms with Crippen LogP contribution in [-0.4, -0.2) is 24.9 Å². The first-order valence-electron chi connectivity index (χ1n) is 5.68. The fraction of sp³-hybridized carbons (Fsp3) is 0.538. The fourth-order valence-corrected chi connectivity index (χ4v) is 2.48. The maximum absolute atomic E-state index is 9.57. The molecule has 0 radical (unpaired) electrons. The third kappa shape index (κ3) is 2.57. The van der Waals surface area contributed by atoms with Gasteiger partial charge in [-0.25, -0.2) is 0 Å². The van der Waals surface area contributed by atoms with Crippen LogP contribution in [0.3, 0.4) is 0 Å². The van der Waals surface area contributed by atoms with Crippen LogP contribution >= 0.6 is 11.6 Å². The van der Waals surface area contributed by atoms with Crippen LogP contribution in [0.1, 0.15) is 18.4 Å². The molecule has 0 bridgehead atoms. The van der Waals surface area contributed by atoms with E-state index in [0.717, 1.165) is 36.5 Å². The summed E-state index contributed by atoms with van der Waals surface area (Å²) in [5.74, 6) is 0. The molecule has 1 aliphatic heterocycles. The second-order valence-electron chi connectivity index (χ2n) is 4.58. The molecule has 0 aromatic heterocycles. The summed E-state index contributed by atoms with van der Waals surface area (Å²) in [6.07, 6.45) is 2.82. The molecule has 1 saturated heterocycles. The predicted molar refractivity (Wildman–Crippen MR) is 64.7 cm³/mol. The van der Waals surface area contributed by atoms with Crippen molar-refractivity contribution >= 4 is 11.6 Å². The Morgan fingerprint density at radius 1 is 1.38 bits per heavy atom. The summed E-state index contributed by atoms with van der Waals surface area (Å²) < 4.78 is 5.49. The van der Waals surface area contributed by atoms with Crippen molar-refractivity contribution < 1.29 is 9.84 Å². The molecule has 1 N–H and O–H groups in total. The Kier molecular flexibility index (Phi) is 3.85. The summed E-state index contributed by atoms with van der Waals surface area (Å²) in [6.45, 7) is 1.61. The molecule has 0 amide bonds. The summed E-state index contributed by atoms with van der Waals surface area (Å²) >= 11 is 6.14. The van der Waals surface area contributed by atoms with E-state index >= 15 is 0 Å². The molecule has 2 nitrogen and oxygen atoms in total. The highest BCUT2D eigenvalue weighted by Gasteiger charge is 2.32. The van der Waals surface area contributed by atoms with Gasteiger partial charge < -0.3 is 9.84 Å². The first-order chi connectivity index (χ1) is 7.76. The monoisotopic (exact) mass is 240 g/mol. The first kappa shape index (κ1) is 11.9. The third-order valence-corrected chi connectivity index (χ3v) is 3.63. The highest BCUT2D eigenvalue weighted by Crippen LogP contribution is 2.33. The average molecular weight is 241 g/mol. The summed E-state index contributed by atoms with van der Waals surface area (Å²) in [5, 5.41) is 10.3. The van der Waals surface area contributed by atoms with Gasteiger partial charge in [0.05, 0.1) is 13.2 Å². The molecule has 3 heteroatoms. The number of aliphatic hydroxyl groups excluding tert-OH is 1. The van der Waals surface area contributed by atoms with E-state index in [1.807, 2.05) is 24.3 Å². The molecule has 1 heterocycles. The lowest BCUT2D eigenvalue weighted by Crippen LogP contribution is -2.37. The van der Waals surface area contributed by atoms with Crippen LogP contribution < -0.4 is 0 Å². The number of aliphatic hydroxyl groups is 1. The largest absolute Gasteiger partial charge is 0.396 e. The van der Waals surface area contributed by atoms with E-state index in [9.17, 15) is 5.11 Å². The Hall–Kier alpha value is -0.570. The lowest BCUT2D eigenvalue weighted by Gasteiger charge is -2.35. The highest BCUT2D eigenvalue weighted by atomic mass is 35.5. The SMILES string of the molecule is OCC1(Cc2ccccc2Cl)CCCOC1. The smallest absolute Gasteiger partial charge is 0.0547 e. The van der Waals surface area contributed by atoms with Gasteiger partial charge in [-0.05, 0) is 30.9 Å². The van der Waals surface area contributed by atoms with Crippen molar-refractivity contribution in [3.8, 4) is 0 Å². The van der Waals surface area contributed by atoms with Crippen molar-refractivity contribution in [2.24, 2.45) is 5.41 Å². The molecular weight excluding hydrogens is 224 g/mol. The summed E-state index contributed by atoms with van der Waals surface area (Å²) in [5.41, 5.74) is 0.965. The lowest BCUT2D eigenvalue weighted by atomic mass is 9.78. The Bertz CT molecular complexity index is 346. The second kappa shape index (κ2) is 5.17. The topological polar surface area (TPSA) is 29.5 Å². The van der Waals surface area contributed by atoms with Gasteiger partial charge in [0, 0.05) is 17.0 Å². The molecule has 2 rings (SSSR count). The number of ether oxygens (including phenoxy) is 1. The summed E-state index contributed by atoms with van der Waals surface area (Å²) in [6, 6.07) is 7.82. The van der Waals surface area contributed by atoms with Gasteiger partial charge in [0.2, 0.25) is 0 Å². The highest BCUT2D eigenvalue weighted by molar-refractivity contribution is 6.31. The molecule has 1 aromatic rings. The minimum atomic E-state index is -0.136. The van der Waals surface area contributed by atoms with E-state index < -0.39 is 0 Å². The molecule has 0 aliphatic carbocycles. The van der Waals surface area contributed by atoms with Crippen LogP contribution in [0.25, 0.3) is 0 Å². The van der Waals surface area contributed by atoms with Gasteiger partial charge in [-0.1, -0.05) is 29.8 Å². The molecule has 1 aromatic carbocycles. The van der Waals surface area contributed by atoms with Gasteiger partial charge in [0.1, 0.15) is 0 Å². The van der Waals surface area contributed by atoms with E-state index in [-0.39, 0.29) is 12.0 Å². The van der Waals surface area contributed by atoms with Crippen molar-refractivity contribution in [1.29, 1.82) is 0 Å². The zero-order valence-corrected chi connectivity index (χ0v) is 10.0. The van der Waals surface area contributed by atoms with Gasteiger partial charge in [-0.3, -0.25) is 0 Å². The van der Waals surface area contributed by atoms with E-state index in [1.165, 1.54) is 0 Å². The first-order valence-corrected chi connectivity index (χ1v) is 6.06. The van der Waals surface area contributed by atoms with Crippen LogP contribution in [0.2, 0.25) is 5.02 Å². The van der Waals surface area contributed by atoms with Gasteiger partial charge in [-0.15, -0.1) is 0 Å². The number of halogens is 1. The van der Waals surface area contributed by atoms with Gasteiger partial charge in [0.15, 0.2) is 0 Å². The predicted octanol–water partition coefficient (Wildman–Crippen LogP) is 2.67. The molecule has 1 aliphatic rings. The number of benzene rings is 1. The molecule has 88 valence electrons. The van der Waals surface area contributed by atoms with E-state index in [1.54, 1.807) is 0 Å². The van der Waals surface area contributed by atoms with Crippen molar-refractivity contribution in [2.45, 2.75) is 19.3 Å². The Morgan fingerprint density at radius 2 is 2.19 bits per heavy atom. The second-order valence-corrected chi connectivity index (χ2v) is 4.99. The number of hydrogen-bond donors (Lipinski definition) is 1. The lowest BCUT2D eigenvalue weighted by molar-refractivity contribution is -0.0378. The van der Waals surface area contributed by atoms with Gasteiger partial charge in [-0.2, -0.15) is 0 Å². The van der Waals surface area contributed by atoms with Crippen LogP contribution in [-0.2, 0) is 11.2 Å². The standard InChI is InChI=1S/C13H17ClO2/c14-12-5-2-1-4-11(12)8-13(9-15)6-3-7-16-10-13/h1-2,4-5,15H,3,6-10H2. The molecule has 1 atom stereocenters. The number of rotatable bonds is 3. The van der Waals surface area contributed by atoms with E-state index in [0.29, 0.717) is 6.61 Å². The van der Waals surface area contributed by atoms with Crippen LogP contribution in [0.4, 0.5) is 0 Å². The van der Waals surface area contributed by atoms with Crippen molar-refractivity contribution in [1.82, 2.24) is 0 Å². The minimum absolute atomic E-state index is 0.136. The van der Waals surface area contributed by atoms with Gasteiger partial charge in [0.25, 0.3) is 0 Å². The van der Waals surface area contributed by atoms with E-state index in [4.69, 9.17) is 16.3 Å². The quantitative estimate of drug-likeness (QED) is 0.880. The maximum atomic E-state index is 9.57. The van der Waals surface area contributed by atoms with E-state index in [2.05, 4.69) is 0 Å². The molecule has 0 spiro atoms. The van der Waals surface area contributed by atoms with Gasteiger partial charge >= 0.3 is 0 Å². The zero-order valence-electron chi connectivity index (χ0n) is 9.29. The van der Waals surface area contributed by atoms with Crippen molar-refractivity contribution in [2.75, 3.05) is 19.8 Å². The average Bonchev–Trinajstić information content (AvgIpc) is 2.33. The van der Waals surface area contributed by atoms with Crippen molar-refractivity contribution in [3.05, 3.63) is 34.9 Å². The molecule has 16 heavy (non-hydrogen) atoms. The third-order valence-electron chi connectivity index (χ3n) is 3.26. The Labute approximate surface area is 101 Å². The number of hydrogen-bond acceptors (Lipinski definition) is 2. The van der Waals surface area contributed by atoms with Crippen molar-refractivity contribution in [3.63, 3.8) is 0 Å². The summed E-state index contributed by atoms with van der Waals surface area (Å²) in [7, 11) is 0. The van der Waals surface area contributed by atoms with Crippen LogP contribution in [0.5, 0.6) is 0 Å². The minimum Gasteiger partial charge on any atom is -0.396 e. The van der Waals surface area contributed by atoms with Crippen LogP contribution in [0, 0.1) is 5.41 Å². The zero-order chi connectivity index (χ0) is 11.4. The fourth-order valence-electron chi connectivity index (χ4n) is 2.28. The normalized spacial score (nSPS) is 25.6. The molecule has 1 unspecified atom stereocenters. The maximum Gasteiger partial charge on any atom is 0.0547 e. The Balaban J connectivity index is 2.15. The van der Waals surface area contributed by atoms with Crippen LogP contribution in [0.15, 0.2) is 24.3 Å². The summed E-state index contributed by atoms with van der Waals surface area (Å²) in [4.78, 5) is 0.